The number of hydrogen-bond donors (Lipinski definition) is 3. The van der Waals surface area contributed by atoms with Gasteiger partial charge in [0.05, 0.1) is 11.9 Å². The van der Waals surface area contributed by atoms with Crippen molar-refractivity contribution in [1.29, 1.82) is 0 Å². The lowest BCUT2D eigenvalue weighted by Crippen LogP contribution is -2.30. The first-order chi connectivity index (χ1) is 20.8. The number of ether oxygens (including phenoxy) is 1. The van der Waals surface area contributed by atoms with Crippen molar-refractivity contribution in [3.8, 4) is 5.75 Å². The van der Waals surface area contributed by atoms with Crippen LogP contribution in [0.4, 0.5) is 11.4 Å². The van der Waals surface area contributed by atoms with Crippen LogP contribution in [0.25, 0.3) is 6.08 Å². The smallest absolute Gasteiger partial charge is 0.272 e. The summed E-state index contributed by atoms with van der Waals surface area (Å²) in [6.45, 7) is 4.45. The van der Waals surface area contributed by atoms with Crippen molar-refractivity contribution < 1.29 is 19.1 Å². The van der Waals surface area contributed by atoms with E-state index in [0.29, 0.717) is 30.0 Å². The monoisotopic (exact) mass is 657 g/mol. The van der Waals surface area contributed by atoms with Crippen LogP contribution in [-0.2, 0) is 9.59 Å². The van der Waals surface area contributed by atoms with E-state index in [0.717, 1.165) is 20.7 Å². The number of anilines is 2. The molecule has 43 heavy (non-hydrogen) atoms. The molecule has 0 fully saturated rings. The maximum absolute atomic E-state index is 13.4. The second-order valence-corrected chi connectivity index (χ2v) is 11.6. The van der Waals surface area contributed by atoms with Crippen LogP contribution in [0, 0.1) is 0 Å². The van der Waals surface area contributed by atoms with Gasteiger partial charge in [0.1, 0.15) is 11.4 Å². The predicted octanol–water partition coefficient (Wildman–Crippen LogP) is 7.77. The van der Waals surface area contributed by atoms with Crippen LogP contribution >= 0.6 is 27.7 Å². The van der Waals surface area contributed by atoms with Crippen molar-refractivity contribution in [1.82, 2.24) is 5.32 Å². The van der Waals surface area contributed by atoms with E-state index >= 15 is 0 Å². The normalized spacial score (nSPS) is 11.7. The zero-order valence-electron chi connectivity index (χ0n) is 23.8. The summed E-state index contributed by atoms with van der Waals surface area (Å²) in [6.07, 6.45) is 2.23. The molecule has 3 N–H and O–H groups in total. The van der Waals surface area contributed by atoms with E-state index in [1.807, 2.05) is 86.6 Å². The standard InChI is InChI=1S/C34H32BrN3O4S/c1-3-31(34(41)36-26-16-18-28(19-17-26)42-4-2)43-29-15-9-14-27(22-29)37-33(40)30(21-23-10-8-13-25(35)20-23)38-32(39)24-11-6-5-7-12-24/h5-22,31H,3-4H2,1-2H3,(H,36,41)(H,37,40)(H,38,39)/b30-21+. The highest BCUT2D eigenvalue weighted by Crippen LogP contribution is 2.29. The zero-order chi connectivity index (χ0) is 30.6. The Labute approximate surface area is 264 Å². The summed E-state index contributed by atoms with van der Waals surface area (Å²) in [6, 6.07) is 30.7. The number of carbonyl (C=O) groups is 3. The highest BCUT2D eigenvalue weighted by atomic mass is 79.9. The molecule has 0 aliphatic heterocycles. The molecule has 220 valence electrons. The van der Waals surface area contributed by atoms with Gasteiger partial charge in [0.2, 0.25) is 5.91 Å². The fraction of sp³-hybridized carbons (Fsp3) is 0.147. The Balaban J connectivity index is 1.47. The highest BCUT2D eigenvalue weighted by molar-refractivity contribution is 9.10. The van der Waals surface area contributed by atoms with Gasteiger partial charge >= 0.3 is 0 Å². The van der Waals surface area contributed by atoms with Crippen molar-refractivity contribution in [2.45, 2.75) is 30.4 Å². The summed E-state index contributed by atoms with van der Waals surface area (Å²) in [4.78, 5) is 40.2. The van der Waals surface area contributed by atoms with Gasteiger partial charge < -0.3 is 20.7 Å². The zero-order valence-corrected chi connectivity index (χ0v) is 26.2. The van der Waals surface area contributed by atoms with Gasteiger partial charge in [-0.2, -0.15) is 0 Å². The van der Waals surface area contributed by atoms with Crippen molar-refractivity contribution in [3.63, 3.8) is 0 Å². The van der Waals surface area contributed by atoms with Gasteiger partial charge in [-0.25, -0.2) is 0 Å². The largest absolute Gasteiger partial charge is 0.494 e. The van der Waals surface area contributed by atoms with Crippen LogP contribution in [0.1, 0.15) is 36.2 Å². The van der Waals surface area contributed by atoms with Crippen molar-refractivity contribution in [3.05, 3.63) is 124 Å². The quantitative estimate of drug-likeness (QED) is 0.107. The van der Waals surface area contributed by atoms with E-state index in [9.17, 15) is 14.4 Å². The molecule has 0 aliphatic carbocycles. The first-order valence-corrected chi connectivity index (χ1v) is 15.5. The average molecular weight is 659 g/mol. The first-order valence-electron chi connectivity index (χ1n) is 13.8. The van der Waals surface area contributed by atoms with E-state index in [-0.39, 0.29) is 16.9 Å². The summed E-state index contributed by atoms with van der Waals surface area (Å²) in [5, 5.41) is 8.26. The fourth-order valence-electron chi connectivity index (χ4n) is 4.06. The summed E-state index contributed by atoms with van der Waals surface area (Å²) in [5.41, 5.74) is 2.48. The molecule has 0 saturated carbocycles. The molecular weight excluding hydrogens is 626 g/mol. The topological polar surface area (TPSA) is 96.5 Å². The second-order valence-electron chi connectivity index (χ2n) is 9.38. The van der Waals surface area contributed by atoms with Crippen LogP contribution in [-0.4, -0.2) is 29.6 Å². The van der Waals surface area contributed by atoms with Gasteiger partial charge in [0.25, 0.3) is 11.8 Å². The van der Waals surface area contributed by atoms with E-state index in [1.165, 1.54) is 11.8 Å². The molecule has 0 spiro atoms. The molecule has 0 aromatic heterocycles. The summed E-state index contributed by atoms with van der Waals surface area (Å²) >= 11 is 4.86. The Hall–Kier alpha value is -4.34. The highest BCUT2D eigenvalue weighted by Gasteiger charge is 2.19. The summed E-state index contributed by atoms with van der Waals surface area (Å²) in [7, 11) is 0. The van der Waals surface area contributed by atoms with Crippen LogP contribution in [0.3, 0.4) is 0 Å². The molecule has 9 heteroatoms. The van der Waals surface area contributed by atoms with Crippen LogP contribution in [0.5, 0.6) is 5.75 Å². The van der Waals surface area contributed by atoms with Gasteiger partial charge in [-0.1, -0.05) is 59.3 Å². The lowest BCUT2D eigenvalue weighted by Gasteiger charge is -2.16. The van der Waals surface area contributed by atoms with Crippen LogP contribution in [0.2, 0.25) is 0 Å². The average Bonchev–Trinajstić information content (AvgIpc) is 3.01. The first kappa shape index (κ1) is 31.6. The maximum atomic E-state index is 13.4. The van der Waals surface area contributed by atoms with E-state index in [4.69, 9.17) is 4.74 Å². The second kappa shape index (κ2) is 15.8. The minimum Gasteiger partial charge on any atom is -0.494 e. The number of hydrogen-bond acceptors (Lipinski definition) is 5. The molecule has 0 saturated heterocycles. The molecule has 4 aromatic rings. The van der Waals surface area contributed by atoms with Gasteiger partial charge in [-0.3, -0.25) is 14.4 Å². The minimum absolute atomic E-state index is 0.0891. The third kappa shape index (κ3) is 9.59. The Morgan fingerprint density at radius 2 is 1.58 bits per heavy atom. The third-order valence-corrected chi connectivity index (χ3v) is 8.01. The molecule has 7 nitrogen and oxygen atoms in total. The van der Waals surface area contributed by atoms with Crippen molar-refractivity contribution in [2.75, 3.05) is 17.2 Å². The van der Waals surface area contributed by atoms with E-state index in [1.54, 1.807) is 36.4 Å². The third-order valence-electron chi connectivity index (χ3n) is 6.15. The Bertz CT molecular complexity index is 1590. The molecule has 0 bridgehead atoms. The number of carbonyl (C=O) groups excluding carboxylic acids is 3. The van der Waals surface area contributed by atoms with Gasteiger partial charge in [-0.05, 0) is 91.7 Å². The number of benzene rings is 4. The van der Waals surface area contributed by atoms with Crippen molar-refractivity contribution >= 4 is 62.9 Å². The number of rotatable bonds is 12. The molecule has 1 unspecified atom stereocenters. The number of halogens is 1. The van der Waals surface area contributed by atoms with Crippen molar-refractivity contribution in [2.24, 2.45) is 0 Å². The van der Waals surface area contributed by atoms with Gasteiger partial charge in [-0.15, -0.1) is 11.8 Å². The molecule has 0 aliphatic rings. The Morgan fingerprint density at radius 3 is 2.28 bits per heavy atom. The Kier molecular flexibility index (Phi) is 11.6. The molecular formula is C34H32BrN3O4S. The minimum atomic E-state index is -0.480. The molecule has 1 atom stereocenters. The molecule has 3 amide bonds. The maximum Gasteiger partial charge on any atom is 0.272 e. The molecule has 0 radical (unpaired) electrons. The van der Waals surface area contributed by atoms with Gasteiger partial charge in [0, 0.05) is 26.3 Å². The molecule has 4 rings (SSSR count). The van der Waals surface area contributed by atoms with Crippen LogP contribution < -0.4 is 20.7 Å². The van der Waals surface area contributed by atoms with Crippen LogP contribution in [0.15, 0.2) is 118 Å². The predicted molar refractivity (Wildman–Crippen MR) is 177 cm³/mol. The number of thioether (sulfide) groups is 1. The molecule has 4 aromatic carbocycles. The molecule has 0 heterocycles. The number of amides is 3. The summed E-state index contributed by atoms with van der Waals surface area (Å²) in [5.74, 6) is -0.249. The lowest BCUT2D eigenvalue weighted by molar-refractivity contribution is -0.116. The van der Waals surface area contributed by atoms with E-state index < -0.39 is 11.8 Å². The summed E-state index contributed by atoms with van der Waals surface area (Å²) < 4.78 is 6.31. The lowest BCUT2D eigenvalue weighted by atomic mass is 10.1. The van der Waals surface area contributed by atoms with E-state index in [2.05, 4.69) is 31.9 Å². The fourth-order valence-corrected chi connectivity index (χ4v) is 5.49. The number of nitrogens with one attached hydrogen (secondary N) is 3. The Morgan fingerprint density at radius 1 is 0.837 bits per heavy atom. The van der Waals surface area contributed by atoms with Gasteiger partial charge in [0.15, 0.2) is 0 Å². The SMILES string of the molecule is CCOc1ccc(NC(=O)C(CC)Sc2cccc(NC(=O)/C(=C\c3cccc(Br)c3)NC(=O)c3ccccc3)c2)cc1.